The molecule has 0 atom stereocenters. The van der Waals surface area contributed by atoms with E-state index in [1.165, 1.54) is 6.07 Å². The molecule has 2 N–H and O–H groups in total. The fraction of sp³-hybridized carbons (Fsp3) is 0.588. The van der Waals surface area contributed by atoms with Crippen LogP contribution in [0.15, 0.2) is 23.2 Å². The zero-order valence-corrected chi connectivity index (χ0v) is 15.0. The second kappa shape index (κ2) is 9.22. The molecule has 1 heterocycles. The Labute approximate surface area is 146 Å². The summed E-state index contributed by atoms with van der Waals surface area (Å²) < 4.78 is 32.4. The molecule has 0 unspecified atom stereocenters. The number of hydrogen-bond donors (Lipinski definition) is 2. The Kier molecular flexibility index (Phi) is 7.30. The lowest BCUT2D eigenvalue weighted by molar-refractivity contribution is 0.0783. The molecule has 1 saturated heterocycles. The molecule has 0 saturated carbocycles. The van der Waals surface area contributed by atoms with E-state index in [0.717, 1.165) is 44.7 Å². The van der Waals surface area contributed by atoms with Crippen LogP contribution in [0.25, 0.3) is 0 Å². The van der Waals surface area contributed by atoms with Crippen molar-refractivity contribution in [3.8, 4) is 0 Å². The van der Waals surface area contributed by atoms with Crippen LogP contribution >= 0.6 is 11.8 Å². The molecule has 134 valence electrons. The third-order valence-electron chi connectivity index (χ3n) is 4.33. The Hall–Kier alpha value is -1.34. The van der Waals surface area contributed by atoms with Gasteiger partial charge in [0.15, 0.2) is 5.96 Å². The molecule has 0 aliphatic carbocycles. The number of hydrogen-bond acceptors (Lipinski definition) is 3. The predicted molar refractivity (Wildman–Crippen MR) is 95.7 cm³/mol. The molecule has 0 radical (unpaired) electrons. The van der Waals surface area contributed by atoms with Gasteiger partial charge >= 0.3 is 0 Å². The summed E-state index contributed by atoms with van der Waals surface area (Å²) in [6, 6.07) is 3.52. The fourth-order valence-corrected chi connectivity index (χ4v) is 3.50. The van der Waals surface area contributed by atoms with Crippen LogP contribution < -0.4 is 10.6 Å². The van der Waals surface area contributed by atoms with Crippen LogP contribution in [-0.4, -0.2) is 50.3 Å². The van der Waals surface area contributed by atoms with Crippen LogP contribution in [0.4, 0.5) is 8.78 Å². The zero-order valence-electron chi connectivity index (χ0n) is 14.2. The smallest absolute Gasteiger partial charge is 0.191 e. The molecule has 1 aromatic rings. The number of ether oxygens (including phenoxy) is 1. The molecule has 1 aromatic carbocycles. The van der Waals surface area contributed by atoms with Crippen LogP contribution in [0, 0.1) is 11.6 Å². The molecular weight excluding hydrogens is 332 g/mol. The van der Waals surface area contributed by atoms with E-state index in [-0.39, 0.29) is 10.6 Å². The number of benzene rings is 1. The summed E-state index contributed by atoms with van der Waals surface area (Å²) in [6.45, 7) is 2.85. The molecule has 0 bridgehead atoms. The van der Waals surface area contributed by atoms with Gasteiger partial charge in [-0.3, -0.25) is 4.99 Å². The van der Waals surface area contributed by atoms with E-state index in [1.807, 2.05) is 11.8 Å². The maximum atomic E-state index is 13.6. The summed E-state index contributed by atoms with van der Waals surface area (Å²) in [6.07, 6.45) is 4.53. The quantitative estimate of drug-likeness (QED) is 0.607. The third kappa shape index (κ3) is 5.34. The molecule has 24 heavy (non-hydrogen) atoms. The highest BCUT2D eigenvalue weighted by atomic mass is 32.2. The van der Waals surface area contributed by atoms with Gasteiger partial charge in [0.1, 0.15) is 11.6 Å². The average Bonchev–Trinajstić information content (AvgIpc) is 2.61. The summed E-state index contributed by atoms with van der Waals surface area (Å²) in [5.41, 5.74) is 0.364. The lowest BCUT2D eigenvalue weighted by Gasteiger charge is -2.36. The summed E-state index contributed by atoms with van der Waals surface area (Å²) in [4.78, 5) is 4.20. The molecule has 1 fully saturated rings. The molecule has 0 amide bonds. The van der Waals surface area contributed by atoms with Crippen molar-refractivity contribution < 1.29 is 13.5 Å². The number of aliphatic imine (C=N–C) groups is 1. The molecule has 7 heteroatoms. The Morgan fingerprint density at radius 3 is 2.71 bits per heavy atom. The van der Waals surface area contributed by atoms with Crippen LogP contribution in [-0.2, 0) is 11.2 Å². The highest BCUT2D eigenvalue weighted by molar-refractivity contribution is 8.00. The first-order valence-electron chi connectivity index (χ1n) is 8.10. The number of thioether (sulfide) groups is 1. The molecule has 1 aliphatic heterocycles. The van der Waals surface area contributed by atoms with E-state index in [0.29, 0.717) is 24.5 Å². The van der Waals surface area contributed by atoms with Crippen molar-refractivity contribution in [2.45, 2.75) is 24.0 Å². The minimum Gasteiger partial charge on any atom is -0.381 e. The normalized spacial score (nSPS) is 17.6. The van der Waals surface area contributed by atoms with Gasteiger partial charge in [0, 0.05) is 38.1 Å². The van der Waals surface area contributed by atoms with Crippen molar-refractivity contribution in [3.05, 3.63) is 35.4 Å². The van der Waals surface area contributed by atoms with Gasteiger partial charge in [-0.05, 0) is 49.3 Å². The van der Waals surface area contributed by atoms with Gasteiger partial charge in [-0.25, -0.2) is 8.78 Å². The van der Waals surface area contributed by atoms with Crippen LogP contribution in [0.3, 0.4) is 0 Å². The first kappa shape index (κ1) is 19.0. The second-order valence-electron chi connectivity index (χ2n) is 5.84. The number of rotatable bonds is 6. The highest BCUT2D eigenvalue weighted by Crippen LogP contribution is 2.32. The molecule has 0 spiro atoms. The largest absolute Gasteiger partial charge is 0.381 e. The van der Waals surface area contributed by atoms with E-state index in [2.05, 4.69) is 21.9 Å². The zero-order chi connectivity index (χ0) is 17.4. The molecule has 0 aromatic heterocycles. The molecule has 2 rings (SSSR count). The third-order valence-corrected chi connectivity index (χ3v) is 5.75. The summed E-state index contributed by atoms with van der Waals surface area (Å²) >= 11 is 1.85. The van der Waals surface area contributed by atoms with Crippen molar-refractivity contribution in [1.82, 2.24) is 10.6 Å². The van der Waals surface area contributed by atoms with E-state index >= 15 is 0 Å². The summed E-state index contributed by atoms with van der Waals surface area (Å²) in [5, 5.41) is 6.49. The van der Waals surface area contributed by atoms with E-state index in [1.54, 1.807) is 7.05 Å². The van der Waals surface area contributed by atoms with E-state index in [9.17, 15) is 8.78 Å². The lowest BCUT2D eigenvalue weighted by Crippen LogP contribution is -2.48. The van der Waals surface area contributed by atoms with Gasteiger partial charge < -0.3 is 15.4 Å². The number of guanidine groups is 1. The Morgan fingerprint density at radius 2 is 2.04 bits per heavy atom. The second-order valence-corrected chi connectivity index (χ2v) is 7.11. The van der Waals surface area contributed by atoms with Crippen molar-refractivity contribution >= 4 is 17.7 Å². The van der Waals surface area contributed by atoms with Crippen LogP contribution in [0.5, 0.6) is 0 Å². The Morgan fingerprint density at radius 1 is 1.29 bits per heavy atom. The number of halogens is 2. The average molecular weight is 357 g/mol. The minimum atomic E-state index is -0.421. The minimum absolute atomic E-state index is 0.157. The maximum absolute atomic E-state index is 13.6. The molecule has 1 aliphatic rings. The van der Waals surface area contributed by atoms with Crippen molar-refractivity contribution in [1.29, 1.82) is 0 Å². The van der Waals surface area contributed by atoms with Crippen LogP contribution in [0.2, 0.25) is 0 Å². The van der Waals surface area contributed by atoms with E-state index < -0.39 is 5.82 Å². The van der Waals surface area contributed by atoms with Gasteiger partial charge in [-0.1, -0.05) is 0 Å². The standard InChI is InChI=1S/C17H25F2N3OS/c1-20-16(22-12-17(24-2)6-9-23-10-7-17)21-8-5-13-11-14(18)3-4-15(13)19/h3-4,11H,5-10,12H2,1-2H3,(H2,20,21,22). The fourth-order valence-electron chi connectivity index (χ4n) is 2.71. The number of nitrogens with zero attached hydrogens (tertiary/aromatic N) is 1. The summed E-state index contributed by atoms with van der Waals surface area (Å²) in [5.74, 6) is -0.133. The van der Waals surface area contributed by atoms with Gasteiger partial charge in [0.2, 0.25) is 0 Å². The maximum Gasteiger partial charge on any atom is 0.191 e. The van der Waals surface area contributed by atoms with Crippen molar-refractivity contribution in [2.24, 2.45) is 4.99 Å². The van der Waals surface area contributed by atoms with Gasteiger partial charge in [-0.15, -0.1) is 0 Å². The first-order chi connectivity index (χ1) is 11.6. The van der Waals surface area contributed by atoms with Gasteiger partial charge in [0.25, 0.3) is 0 Å². The SMILES string of the molecule is CN=C(NCCc1cc(F)ccc1F)NCC1(SC)CCOCC1. The Bertz CT molecular complexity index is 563. The Balaban J connectivity index is 1.81. The monoisotopic (exact) mass is 357 g/mol. The lowest BCUT2D eigenvalue weighted by atomic mass is 9.99. The topological polar surface area (TPSA) is 45.7 Å². The summed E-state index contributed by atoms with van der Waals surface area (Å²) in [7, 11) is 1.70. The molecule has 4 nitrogen and oxygen atoms in total. The van der Waals surface area contributed by atoms with Crippen LogP contribution in [0.1, 0.15) is 18.4 Å². The van der Waals surface area contributed by atoms with Gasteiger partial charge in [0.05, 0.1) is 0 Å². The predicted octanol–water partition coefficient (Wildman–Crippen LogP) is 2.58. The van der Waals surface area contributed by atoms with E-state index in [4.69, 9.17) is 4.74 Å². The molecular formula is C17H25F2N3OS. The van der Waals surface area contributed by atoms with Crippen molar-refractivity contribution in [3.63, 3.8) is 0 Å². The highest BCUT2D eigenvalue weighted by Gasteiger charge is 2.31. The van der Waals surface area contributed by atoms with Crippen molar-refractivity contribution in [2.75, 3.05) is 39.6 Å². The van der Waals surface area contributed by atoms with Gasteiger partial charge in [-0.2, -0.15) is 11.8 Å². The first-order valence-corrected chi connectivity index (χ1v) is 9.32. The number of nitrogens with one attached hydrogen (secondary N) is 2.